The molecule has 57 heavy (non-hydrogen) atoms. The molecule has 0 N–H and O–H groups in total. The number of rotatable bonds is 7. The number of nitrogens with zero attached hydrogens (tertiary/aromatic N) is 2. The second-order valence-electron chi connectivity index (χ2n) is 14.4. The Morgan fingerprint density at radius 1 is 0.351 bits per heavy atom. The van der Waals surface area contributed by atoms with Crippen LogP contribution in [0.5, 0.6) is 0 Å². The fourth-order valence-corrected chi connectivity index (χ4v) is 9.98. The van der Waals surface area contributed by atoms with E-state index in [2.05, 4.69) is 228 Å². The third-order valence-corrected chi connectivity index (χ3v) is 12.4. The predicted molar refractivity (Wildman–Crippen MR) is 245 cm³/mol. The van der Waals surface area contributed by atoms with E-state index in [9.17, 15) is 0 Å². The number of hydrogen-bond acceptors (Lipinski definition) is 2. The third kappa shape index (κ3) is 5.47. The molecule has 0 radical (unpaired) electrons. The van der Waals surface area contributed by atoms with Crippen molar-refractivity contribution in [3.63, 3.8) is 0 Å². The first-order valence-electron chi connectivity index (χ1n) is 19.4. The lowest BCUT2D eigenvalue weighted by Gasteiger charge is -2.29. The topological polar surface area (TPSA) is 8.17 Å². The molecule has 11 aromatic rings. The van der Waals surface area contributed by atoms with Gasteiger partial charge in [-0.3, -0.25) is 0 Å². The highest BCUT2D eigenvalue weighted by atomic mass is 32.1. The molecule has 0 unspecified atom stereocenters. The summed E-state index contributed by atoms with van der Waals surface area (Å²) in [6, 6.07) is 79.3. The van der Waals surface area contributed by atoms with Gasteiger partial charge in [0.1, 0.15) is 0 Å². The summed E-state index contributed by atoms with van der Waals surface area (Å²) in [6.45, 7) is 0. The Hall–Kier alpha value is -7.20. The molecule has 2 heterocycles. The molecule has 3 heteroatoms. The zero-order valence-electron chi connectivity index (χ0n) is 31.1. The molecule has 0 fully saturated rings. The van der Waals surface area contributed by atoms with Gasteiger partial charge in [0, 0.05) is 58.9 Å². The molecule has 0 saturated heterocycles. The average Bonchev–Trinajstić information content (AvgIpc) is 3.84. The monoisotopic (exact) mass is 744 g/mol. The Kier molecular flexibility index (Phi) is 8.04. The first-order chi connectivity index (χ1) is 28.3. The Balaban J connectivity index is 1.22. The summed E-state index contributed by atoms with van der Waals surface area (Å²) in [5, 5.41) is 5.01. The second-order valence-corrected chi connectivity index (χ2v) is 15.5. The Bertz CT molecular complexity index is 3180. The lowest BCUT2D eigenvalue weighted by molar-refractivity contribution is 1.18. The molecule has 0 spiro atoms. The lowest BCUT2D eigenvalue weighted by Crippen LogP contribution is -2.11. The number of para-hydroxylation sites is 4. The van der Waals surface area contributed by atoms with Gasteiger partial charge in [-0.1, -0.05) is 176 Å². The van der Waals surface area contributed by atoms with Crippen molar-refractivity contribution in [1.82, 2.24) is 4.57 Å². The van der Waals surface area contributed by atoms with Crippen molar-refractivity contribution in [2.45, 2.75) is 0 Å². The Labute approximate surface area is 335 Å². The largest absolute Gasteiger partial charge is 0.309 e. The minimum atomic E-state index is 1.10. The van der Waals surface area contributed by atoms with Crippen molar-refractivity contribution in [2.24, 2.45) is 0 Å². The molecule has 0 bridgehead atoms. The smallest absolute Gasteiger partial charge is 0.0618 e. The first-order valence-corrected chi connectivity index (χ1v) is 20.3. The molecule has 2 nitrogen and oxygen atoms in total. The normalized spacial score (nSPS) is 11.5. The minimum absolute atomic E-state index is 1.10. The van der Waals surface area contributed by atoms with Gasteiger partial charge in [0.25, 0.3) is 0 Å². The number of aromatic nitrogens is 1. The van der Waals surface area contributed by atoms with Crippen LogP contribution in [0.2, 0.25) is 0 Å². The van der Waals surface area contributed by atoms with Gasteiger partial charge in [0.05, 0.1) is 28.1 Å². The van der Waals surface area contributed by atoms with Crippen LogP contribution in [-0.2, 0) is 0 Å². The van der Waals surface area contributed by atoms with Gasteiger partial charge < -0.3 is 9.47 Å². The number of fused-ring (bicyclic) bond motifs is 6. The van der Waals surface area contributed by atoms with E-state index in [4.69, 9.17) is 0 Å². The predicted octanol–water partition coefficient (Wildman–Crippen LogP) is 15.6. The van der Waals surface area contributed by atoms with Gasteiger partial charge in [-0.2, -0.15) is 0 Å². The van der Waals surface area contributed by atoms with Crippen LogP contribution in [0, 0.1) is 0 Å². The number of hydrogen-bond donors (Lipinski definition) is 0. The van der Waals surface area contributed by atoms with Crippen LogP contribution in [0.1, 0.15) is 0 Å². The zero-order valence-corrected chi connectivity index (χ0v) is 31.9. The van der Waals surface area contributed by atoms with Gasteiger partial charge in [0.15, 0.2) is 0 Å². The van der Waals surface area contributed by atoms with E-state index in [-0.39, 0.29) is 0 Å². The molecule has 0 aliphatic heterocycles. The van der Waals surface area contributed by atoms with E-state index in [1.807, 2.05) is 11.3 Å². The van der Waals surface area contributed by atoms with E-state index in [0.29, 0.717) is 0 Å². The summed E-state index contributed by atoms with van der Waals surface area (Å²) in [7, 11) is 0. The molecule has 9 aromatic carbocycles. The summed E-state index contributed by atoms with van der Waals surface area (Å²) >= 11 is 1.88. The van der Waals surface area contributed by atoms with Crippen LogP contribution in [-0.4, -0.2) is 4.57 Å². The second kappa shape index (κ2) is 13.8. The first kappa shape index (κ1) is 33.2. The van der Waals surface area contributed by atoms with Gasteiger partial charge in [-0.15, -0.1) is 11.3 Å². The molecular formula is C54H36N2S. The average molecular weight is 745 g/mol. The highest BCUT2D eigenvalue weighted by molar-refractivity contribution is 7.26. The fourth-order valence-electron chi connectivity index (χ4n) is 8.75. The molecule has 0 saturated carbocycles. The van der Waals surface area contributed by atoms with Gasteiger partial charge in [0.2, 0.25) is 0 Å². The molecule has 0 aliphatic carbocycles. The van der Waals surface area contributed by atoms with Crippen molar-refractivity contribution in [3.8, 4) is 39.1 Å². The summed E-state index contributed by atoms with van der Waals surface area (Å²) in [5.41, 5.74) is 14.0. The maximum absolute atomic E-state index is 2.51. The zero-order chi connectivity index (χ0) is 37.7. The van der Waals surface area contributed by atoms with Crippen LogP contribution in [0.15, 0.2) is 218 Å². The van der Waals surface area contributed by atoms with Gasteiger partial charge >= 0.3 is 0 Å². The highest BCUT2D eigenvalue weighted by Gasteiger charge is 2.25. The quantitative estimate of drug-likeness (QED) is 0.158. The van der Waals surface area contributed by atoms with Crippen molar-refractivity contribution in [2.75, 3.05) is 4.90 Å². The molecule has 268 valence electrons. The third-order valence-electron chi connectivity index (χ3n) is 11.2. The fraction of sp³-hybridized carbons (Fsp3) is 0. The van der Waals surface area contributed by atoms with Gasteiger partial charge in [-0.25, -0.2) is 0 Å². The van der Waals surface area contributed by atoms with Crippen molar-refractivity contribution in [1.29, 1.82) is 0 Å². The molecular weight excluding hydrogens is 709 g/mol. The molecule has 0 atom stereocenters. The van der Waals surface area contributed by atoms with Gasteiger partial charge in [-0.05, 0) is 53.6 Å². The minimum Gasteiger partial charge on any atom is -0.309 e. The van der Waals surface area contributed by atoms with Crippen LogP contribution in [0.4, 0.5) is 17.1 Å². The van der Waals surface area contributed by atoms with Crippen LogP contribution >= 0.6 is 11.3 Å². The van der Waals surface area contributed by atoms with Crippen LogP contribution in [0.25, 0.3) is 81.0 Å². The number of anilines is 3. The maximum atomic E-state index is 2.51. The van der Waals surface area contributed by atoms with Crippen LogP contribution in [0.3, 0.4) is 0 Å². The molecule has 0 amide bonds. The molecule has 11 rings (SSSR count). The summed E-state index contributed by atoms with van der Waals surface area (Å²) < 4.78 is 5.12. The SMILES string of the molecule is c1ccc(-c2cccc(-c3ccccc3)c2-n2c3ccccc3c3c(N(c4ccccc4)c4ccccc4-c4cccc5c4sc4ccccc45)cccc32)cc1. The standard InChI is InChI=1S/C54H36N2S/c1-4-19-37(20-5-1)40-28-16-29-41(38-21-6-2-7-22-38)53(40)56-48-33-14-11-27-46(48)52-49(34-18-35-50(52)56)55(39-23-8-3-9-24-39)47-32-13-10-25-42(47)44-30-17-31-45-43-26-12-15-36-51(43)57-54(44)45/h1-36H. The number of benzene rings is 9. The lowest BCUT2D eigenvalue weighted by atomic mass is 9.95. The van der Waals surface area contributed by atoms with Crippen molar-refractivity contribution in [3.05, 3.63) is 218 Å². The van der Waals surface area contributed by atoms with E-state index in [1.165, 1.54) is 70.0 Å². The Morgan fingerprint density at radius 3 is 1.61 bits per heavy atom. The van der Waals surface area contributed by atoms with E-state index in [1.54, 1.807) is 0 Å². The van der Waals surface area contributed by atoms with Crippen LogP contribution < -0.4 is 4.90 Å². The van der Waals surface area contributed by atoms with E-state index >= 15 is 0 Å². The number of thiophene rings is 1. The highest BCUT2D eigenvalue weighted by Crippen LogP contribution is 2.49. The maximum Gasteiger partial charge on any atom is 0.0618 e. The summed E-state index contributed by atoms with van der Waals surface area (Å²) in [5.74, 6) is 0. The Morgan fingerprint density at radius 2 is 0.860 bits per heavy atom. The van der Waals surface area contributed by atoms with Crippen molar-refractivity contribution < 1.29 is 0 Å². The summed E-state index contributed by atoms with van der Waals surface area (Å²) in [6.07, 6.45) is 0. The van der Waals surface area contributed by atoms with E-state index in [0.717, 1.165) is 28.1 Å². The van der Waals surface area contributed by atoms with Crippen molar-refractivity contribution >= 4 is 70.4 Å². The molecule has 2 aromatic heterocycles. The summed E-state index contributed by atoms with van der Waals surface area (Å²) in [4.78, 5) is 2.47. The molecule has 0 aliphatic rings. The van der Waals surface area contributed by atoms with E-state index < -0.39 is 0 Å².